The number of nitrogens with zero attached hydrogens (tertiary/aromatic N) is 1. The summed E-state index contributed by atoms with van der Waals surface area (Å²) in [7, 11) is 0. The van der Waals surface area contributed by atoms with Crippen LogP contribution in [0.2, 0.25) is 0 Å². The molecule has 3 atom stereocenters. The Morgan fingerprint density at radius 3 is 2.52 bits per heavy atom. The van der Waals surface area contributed by atoms with Crippen LogP contribution in [0.3, 0.4) is 0 Å². The van der Waals surface area contributed by atoms with E-state index in [1.54, 1.807) is 0 Å². The third kappa shape index (κ3) is 5.53. The Morgan fingerprint density at radius 1 is 1.20 bits per heavy atom. The number of hydrogen-bond donors (Lipinski definition) is 2. The predicted octanol–water partition coefficient (Wildman–Crippen LogP) is 1.77. The highest BCUT2D eigenvalue weighted by molar-refractivity contribution is 5.81. The van der Waals surface area contributed by atoms with Gasteiger partial charge in [-0.2, -0.15) is 0 Å². The van der Waals surface area contributed by atoms with Crippen molar-refractivity contribution in [2.24, 2.45) is 11.8 Å². The largest absolute Gasteiger partial charge is 0.366 e. The first-order valence-electron chi connectivity index (χ1n) is 9.50. The molecule has 1 aromatic rings. The molecular formula is C20H31N3O2. The van der Waals surface area contributed by atoms with E-state index < -0.39 is 0 Å². The van der Waals surface area contributed by atoms with Gasteiger partial charge in [0.25, 0.3) is 5.91 Å². The van der Waals surface area contributed by atoms with Crippen molar-refractivity contribution in [2.75, 3.05) is 32.8 Å². The Hall–Kier alpha value is -1.43. The van der Waals surface area contributed by atoms with Gasteiger partial charge in [-0.05, 0) is 29.4 Å². The van der Waals surface area contributed by atoms with Gasteiger partial charge >= 0.3 is 0 Å². The number of rotatable bonds is 5. The van der Waals surface area contributed by atoms with Gasteiger partial charge < -0.3 is 15.4 Å². The number of carbonyl (C=O) groups is 1. The zero-order valence-electron chi connectivity index (χ0n) is 15.5. The standard InChI is InChI=1S/C20H31N3O2/c1-15-9-16(2)13-23(12-15)14-18-5-3-17(4-6-18)10-22-20(24)19-11-21-7-8-25-19/h3-6,15-16,19,21H,7-14H2,1-2H3,(H,22,24). The molecule has 3 unspecified atom stereocenters. The van der Waals surface area contributed by atoms with Crippen molar-refractivity contribution in [1.29, 1.82) is 0 Å². The number of benzene rings is 1. The molecule has 2 aliphatic rings. The number of carbonyl (C=O) groups excluding carboxylic acids is 1. The SMILES string of the molecule is CC1CC(C)CN(Cc2ccc(CNC(=O)C3CNCCO3)cc2)C1. The van der Waals surface area contributed by atoms with Crippen LogP contribution in [0.4, 0.5) is 0 Å². The minimum absolute atomic E-state index is 0.0347. The summed E-state index contributed by atoms with van der Waals surface area (Å²) in [6.07, 6.45) is 0.978. The average molecular weight is 345 g/mol. The van der Waals surface area contributed by atoms with E-state index in [2.05, 4.69) is 53.6 Å². The van der Waals surface area contributed by atoms with Gasteiger partial charge in [0.15, 0.2) is 0 Å². The number of morpholine rings is 1. The zero-order chi connectivity index (χ0) is 17.6. The highest BCUT2D eigenvalue weighted by atomic mass is 16.5. The van der Waals surface area contributed by atoms with Crippen LogP contribution in [-0.4, -0.2) is 49.7 Å². The van der Waals surface area contributed by atoms with Crippen LogP contribution in [0.5, 0.6) is 0 Å². The van der Waals surface area contributed by atoms with E-state index >= 15 is 0 Å². The number of nitrogens with one attached hydrogen (secondary N) is 2. The molecule has 0 aromatic heterocycles. The Labute approximate surface area is 151 Å². The Morgan fingerprint density at radius 2 is 1.88 bits per heavy atom. The minimum atomic E-state index is -0.365. The summed E-state index contributed by atoms with van der Waals surface area (Å²) in [6.45, 7) is 10.7. The number of likely N-dealkylation sites (tertiary alicyclic amines) is 1. The molecular weight excluding hydrogens is 314 g/mol. The van der Waals surface area contributed by atoms with E-state index in [1.165, 1.54) is 25.1 Å². The molecule has 2 heterocycles. The molecule has 2 aliphatic heterocycles. The lowest BCUT2D eigenvalue weighted by Gasteiger charge is -2.35. The van der Waals surface area contributed by atoms with E-state index in [9.17, 15) is 4.79 Å². The van der Waals surface area contributed by atoms with Crippen molar-refractivity contribution in [3.8, 4) is 0 Å². The highest BCUT2D eigenvalue weighted by Crippen LogP contribution is 2.22. The third-order valence-electron chi connectivity index (χ3n) is 5.06. The number of piperidine rings is 1. The van der Waals surface area contributed by atoms with Gasteiger partial charge in [-0.15, -0.1) is 0 Å². The second-order valence-electron chi connectivity index (χ2n) is 7.74. The molecule has 0 saturated carbocycles. The first-order valence-corrected chi connectivity index (χ1v) is 9.50. The average Bonchev–Trinajstić information content (AvgIpc) is 2.61. The lowest BCUT2D eigenvalue weighted by atomic mass is 9.91. The molecule has 2 saturated heterocycles. The van der Waals surface area contributed by atoms with Crippen molar-refractivity contribution in [1.82, 2.24) is 15.5 Å². The minimum Gasteiger partial charge on any atom is -0.366 e. The van der Waals surface area contributed by atoms with E-state index in [4.69, 9.17) is 4.74 Å². The summed E-state index contributed by atoms with van der Waals surface area (Å²) in [5.41, 5.74) is 2.47. The van der Waals surface area contributed by atoms with Crippen molar-refractivity contribution < 1.29 is 9.53 Å². The summed E-state index contributed by atoms with van der Waals surface area (Å²) < 4.78 is 5.47. The molecule has 138 valence electrons. The Balaban J connectivity index is 1.46. The topological polar surface area (TPSA) is 53.6 Å². The first kappa shape index (κ1) is 18.4. The van der Waals surface area contributed by atoms with Gasteiger partial charge in [0, 0.05) is 39.3 Å². The third-order valence-corrected chi connectivity index (χ3v) is 5.06. The summed E-state index contributed by atoms with van der Waals surface area (Å²) in [5.74, 6) is 1.54. The van der Waals surface area contributed by atoms with Crippen LogP contribution in [0.25, 0.3) is 0 Å². The maximum atomic E-state index is 12.1. The maximum absolute atomic E-state index is 12.1. The fraction of sp³-hybridized carbons (Fsp3) is 0.650. The van der Waals surface area contributed by atoms with Crippen molar-refractivity contribution in [2.45, 2.75) is 39.5 Å². The van der Waals surface area contributed by atoms with Crippen LogP contribution >= 0.6 is 0 Å². The molecule has 2 fully saturated rings. The Bertz CT molecular complexity index is 545. The molecule has 0 aliphatic carbocycles. The number of ether oxygens (including phenoxy) is 1. The molecule has 2 N–H and O–H groups in total. The zero-order valence-corrected chi connectivity index (χ0v) is 15.5. The first-order chi connectivity index (χ1) is 12.1. The lowest BCUT2D eigenvalue weighted by molar-refractivity contribution is -0.134. The summed E-state index contributed by atoms with van der Waals surface area (Å²) in [6, 6.07) is 8.60. The second-order valence-corrected chi connectivity index (χ2v) is 7.74. The number of hydrogen-bond acceptors (Lipinski definition) is 4. The fourth-order valence-corrected chi connectivity index (χ4v) is 3.98. The molecule has 0 radical (unpaired) electrons. The predicted molar refractivity (Wildman–Crippen MR) is 99.1 cm³/mol. The van der Waals surface area contributed by atoms with Crippen LogP contribution < -0.4 is 10.6 Å². The van der Waals surface area contributed by atoms with Gasteiger partial charge in [0.2, 0.25) is 0 Å². The van der Waals surface area contributed by atoms with Crippen molar-refractivity contribution in [3.63, 3.8) is 0 Å². The normalized spacial score (nSPS) is 27.8. The maximum Gasteiger partial charge on any atom is 0.250 e. The summed E-state index contributed by atoms with van der Waals surface area (Å²) >= 11 is 0. The van der Waals surface area contributed by atoms with E-state index in [1.807, 2.05) is 0 Å². The molecule has 0 bridgehead atoms. The van der Waals surface area contributed by atoms with Gasteiger partial charge in [-0.1, -0.05) is 38.1 Å². The van der Waals surface area contributed by atoms with Gasteiger partial charge in [-0.25, -0.2) is 0 Å². The number of amides is 1. The smallest absolute Gasteiger partial charge is 0.250 e. The quantitative estimate of drug-likeness (QED) is 0.854. The van der Waals surface area contributed by atoms with Gasteiger partial charge in [0.1, 0.15) is 6.10 Å². The van der Waals surface area contributed by atoms with Crippen LogP contribution in [0.15, 0.2) is 24.3 Å². The lowest BCUT2D eigenvalue weighted by Crippen LogP contribution is -2.47. The Kier molecular flexibility index (Phi) is 6.45. The summed E-state index contributed by atoms with van der Waals surface area (Å²) in [5, 5.41) is 6.14. The van der Waals surface area contributed by atoms with Gasteiger partial charge in [-0.3, -0.25) is 9.69 Å². The highest BCUT2D eigenvalue weighted by Gasteiger charge is 2.22. The van der Waals surface area contributed by atoms with Crippen molar-refractivity contribution in [3.05, 3.63) is 35.4 Å². The molecule has 0 spiro atoms. The van der Waals surface area contributed by atoms with E-state index in [-0.39, 0.29) is 12.0 Å². The monoisotopic (exact) mass is 345 g/mol. The molecule has 3 rings (SSSR count). The van der Waals surface area contributed by atoms with Gasteiger partial charge in [0.05, 0.1) is 6.61 Å². The van der Waals surface area contributed by atoms with Crippen LogP contribution in [0, 0.1) is 11.8 Å². The molecule has 5 nitrogen and oxygen atoms in total. The molecule has 5 heteroatoms. The van der Waals surface area contributed by atoms with Crippen LogP contribution in [0.1, 0.15) is 31.4 Å². The van der Waals surface area contributed by atoms with E-state index in [0.29, 0.717) is 19.7 Å². The molecule has 1 amide bonds. The van der Waals surface area contributed by atoms with Crippen molar-refractivity contribution >= 4 is 5.91 Å². The van der Waals surface area contributed by atoms with E-state index in [0.717, 1.165) is 30.5 Å². The fourth-order valence-electron chi connectivity index (χ4n) is 3.98. The molecule has 25 heavy (non-hydrogen) atoms. The van der Waals surface area contributed by atoms with Crippen LogP contribution in [-0.2, 0) is 22.6 Å². The summed E-state index contributed by atoms with van der Waals surface area (Å²) in [4.78, 5) is 14.6. The second kappa shape index (κ2) is 8.79. The molecule has 1 aromatic carbocycles.